The minimum Gasteiger partial charge on any atom is -0.475 e. The van der Waals surface area contributed by atoms with Gasteiger partial charge in [-0.2, -0.15) is 13.2 Å². The highest BCUT2D eigenvalue weighted by molar-refractivity contribution is 6.31. The Hall–Kier alpha value is -2.09. The fourth-order valence-corrected chi connectivity index (χ4v) is 2.27. The maximum Gasteiger partial charge on any atom is 0.452 e. The summed E-state index contributed by atoms with van der Waals surface area (Å²) in [4.78, 5) is 4.24. The van der Waals surface area contributed by atoms with E-state index in [0.717, 1.165) is 4.40 Å². The van der Waals surface area contributed by atoms with E-state index in [4.69, 9.17) is 16.3 Å². The first-order valence-corrected chi connectivity index (χ1v) is 7.19. The number of hydrogen-bond acceptors (Lipinski definition) is 4. The molecule has 122 valence electrons. The van der Waals surface area contributed by atoms with Gasteiger partial charge in [-0.3, -0.25) is 4.40 Å². The van der Waals surface area contributed by atoms with Crippen LogP contribution in [0.2, 0.25) is 5.02 Å². The van der Waals surface area contributed by atoms with Gasteiger partial charge in [0.25, 0.3) is 5.88 Å². The molecule has 2 heterocycles. The second-order valence-electron chi connectivity index (χ2n) is 5.44. The number of ether oxygens (including phenoxy) is 1. The summed E-state index contributed by atoms with van der Waals surface area (Å²) in [5, 5.41) is 7.15. The van der Waals surface area contributed by atoms with Gasteiger partial charge in [0.2, 0.25) is 11.5 Å². The smallest absolute Gasteiger partial charge is 0.452 e. The molecule has 2 aromatic heterocycles. The van der Waals surface area contributed by atoms with Gasteiger partial charge in [-0.05, 0) is 24.1 Å². The number of hydrogen-bond donors (Lipinski definition) is 0. The van der Waals surface area contributed by atoms with Crippen molar-refractivity contribution in [3.05, 3.63) is 29.0 Å². The molecule has 0 atom stereocenters. The molecular weight excluding hydrogens is 333 g/mol. The zero-order valence-electron chi connectivity index (χ0n) is 12.2. The van der Waals surface area contributed by atoms with Crippen LogP contribution in [0.4, 0.5) is 13.2 Å². The number of rotatable bonds is 3. The van der Waals surface area contributed by atoms with Crippen molar-refractivity contribution in [3.63, 3.8) is 0 Å². The van der Waals surface area contributed by atoms with Gasteiger partial charge in [-0.25, -0.2) is 4.98 Å². The predicted molar refractivity (Wildman–Crippen MR) is 78.6 cm³/mol. The molecule has 0 aliphatic rings. The second kappa shape index (κ2) is 5.52. The van der Waals surface area contributed by atoms with Crippen molar-refractivity contribution in [2.45, 2.75) is 20.0 Å². The molecule has 0 aliphatic carbocycles. The first kappa shape index (κ1) is 15.8. The molecule has 1 aromatic carbocycles. The Kier molecular flexibility index (Phi) is 3.79. The molecule has 0 unspecified atom stereocenters. The van der Waals surface area contributed by atoms with Crippen molar-refractivity contribution in [1.82, 2.24) is 19.6 Å². The topological polar surface area (TPSA) is 52.3 Å². The van der Waals surface area contributed by atoms with Crippen LogP contribution in [0.3, 0.4) is 0 Å². The van der Waals surface area contributed by atoms with Gasteiger partial charge >= 0.3 is 6.18 Å². The SMILES string of the molecule is CC(C)COc1nc2ccc(Cl)cc2n2c(C(F)(F)F)nnc12. The zero-order chi connectivity index (χ0) is 16.8. The summed E-state index contributed by atoms with van der Waals surface area (Å²) in [6.45, 7) is 4.14. The molecule has 0 spiro atoms. The largest absolute Gasteiger partial charge is 0.475 e. The first-order valence-electron chi connectivity index (χ1n) is 6.81. The fourth-order valence-electron chi connectivity index (χ4n) is 2.11. The summed E-state index contributed by atoms with van der Waals surface area (Å²) < 4.78 is 46.0. The highest BCUT2D eigenvalue weighted by Crippen LogP contribution is 2.33. The molecule has 0 N–H and O–H groups in total. The minimum absolute atomic E-state index is 0.0107. The van der Waals surface area contributed by atoms with Crippen LogP contribution in [0.5, 0.6) is 5.88 Å². The molecule has 0 amide bonds. The van der Waals surface area contributed by atoms with Crippen LogP contribution in [-0.2, 0) is 6.18 Å². The van der Waals surface area contributed by atoms with Gasteiger partial charge in [-0.1, -0.05) is 25.4 Å². The van der Waals surface area contributed by atoms with Crippen molar-refractivity contribution < 1.29 is 17.9 Å². The zero-order valence-corrected chi connectivity index (χ0v) is 13.0. The minimum atomic E-state index is -4.66. The Morgan fingerprint density at radius 1 is 1.26 bits per heavy atom. The maximum atomic E-state index is 13.2. The molecule has 9 heteroatoms. The van der Waals surface area contributed by atoms with E-state index in [-0.39, 0.29) is 23.0 Å². The van der Waals surface area contributed by atoms with Crippen LogP contribution < -0.4 is 4.74 Å². The number of alkyl halides is 3. The molecule has 3 rings (SSSR count). The lowest BCUT2D eigenvalue weighted by molar-refractivity contribution is -0.145. The molecule has 5 nitrogen and oxygen atoms in total. The van der Waals surface area contributed by atoms with Crippen molar-refractivity contribution in [2.75, 3.05) is 6.61 Å². The van der Waals surface area contributed by atoms with E-state index in [1.54, 1.807) is 6.07 Å². The number of nitrogens with zero attached hydrogens (tertiary/aromatic N) is 4. The third kappa shape index (κ3) is 2.90. The number of aromatic nitrogens is 4. The van der Waals surface area contributed by atoms with E-state index in [1.165, 1.54) is 12.1 Å². The van der Waals surface area contributed by atoms with Crippen LogP contribution in [0.1, 0.15) is 19.7 Å². The predicted octanol–water partition coefficient (Wildman–Crippen LogP) is 3.98. The second-order valence-corrected chi connectivity index (χ2v) is 5.87. The molecule has 0 bridgehead atoms. The molecule has 0 saturated heterocycles. The number of fused-ring (bicyclic) bond motifs is 3. The van der Waals surface area contributed by atoms with Crippen LogP contribution in [0, 0.1) is 5.92 Å². The first-order chi connectivity index (χ1) is 10.8. The van der Waals surface area contributed by atoms with Crippen molar-refractivity contribution >= 4 is 28.3 Å². The Morgan fingerprint density at radius 3 is 2.65 bits per heavy atom. The van der Waals surface area contributed by atoms with Gasteiger partial charge in [-0.15, -0.1) is 10.2 Å². The average molecular weight is 345 g/mol. The van der Waals surface area contributed by atoms with Gasteiger partial charge in [0.1, 0.15) is 0 Å². The van der Waals surface area contributed by atoms with E-state index in [1.807, 2.05) is 13.8 Å². The van der Waals surface area contributed by atoms with Crippen LogP contribution in [0.15, 0.2) is 18.2 Å². The Bertz CT molecular complexity index is 876. The standard InChI is InChI=1S/C14H12ClF3N4O/c1-7(2)6-23-12-11-20-21-13(14(16,17)18)22(11)10-5-8(15)3-4-9(10)19-12/h3-5,7H,6H2,1-2H3. The van der Waals surface area contributed by atoms with Crippen molar-refractivity contribution in [3.8, 4) is 5.88 Å². The molecule has 3 aromatic rings. The Morgan fingerprint density at radius 2 is 2.00 bits per heavy atom. The summed E-state index contributed by atoms with van der Waals surface area (Å²) >= 11 is 5.90. The summed E-state index contributed by atoms with van der Waals surface area (Å²) in [5.74, 6) is -0.948. The lowest BCUT2D eigenvalue weighted by Gasteiger charge is -2.12. The van der Waals surface area contributed by atoms with E-state index in [9.17, 15) is 13.2 Å². The van der Waals surface area contributed by atoms with Crippen LogP contribution in [0.25, 0.3) is 16.7 Å². The fraction of sp³-hybridized carbons (Fsp3) is 0.357. The van der Waals surface area contributed by atoms with Gasteiger partial charge in [0, 0.05) is 5.02 Å². The maximum absolute atomic E-state index is 13.2. The number of halogens is 4. The average Bonchev–Trinajstić information content (AvgIpc) is 2.90. The number of benzene rings is 1. The van der Waals surface area contributed by atoms with Crippen LogP contribution in [-0.4, -0.2) is 26.2 Å². The molecule has 0 aliphatic heterocycles. The molecule has 0 saturated carbocycles. The van der Waals surface area contributed by atoms with Crippen molar-refractivity contribution in [1.29, 1.82) is 0 Å². The van der Waals surface area contributed by atoms with E-state index in [0.29, 0.717) is 17.1 Å². The summed E-state index contributed by atoms with van der Waals surface area (Å²) in [5.41, 5.74) is 0.389. The molecule has 0 radical (unpaired) electrons. The Balaban J connectivity index is 2.33. The summed E-state index contributed by atoms with van der Waals surface area (Å²) in [7, 11) is 0. The van der Waals surface area contributed by atoms with Gasteiger partial charge in [0.15, 0.2) is 0 Å². The summed E-state index contributed by atoms with van der Waals surface area (Å²) in [6, 6.07) is 4.47. The van der Waals surface area contributed by atoms with Crippen LogP contribution >= 0.6 is 11.6 Å². The van der Waals surface area contributed by atoms with E-state index < -0.39 is 12.0 Å². The highest BCUT2D eigenvalue weighted by Gasteiger charge is 2.38. The quantitative estimate of drug-likeness (QED) is 0.721. The third-order valence-electron chi connectivity index (χ3n) is 3.06. The van der Waals surface area contributed by atoms with Crippen molar-refractivity contribution in [2.24, 2.45) is 5.92 Å². The lowest BCUT2D eigenvalue weighted by atomic mass is 10.2. The molecule has 23 heavy (non-hydrogen) atoms. The summed E-state index contributed by atoms with van der Waals surface area (Å²) in [6.07, 6.45) is -4.66. The highest BCUT2D eigenvalue weighted by atomic mass is 35.5. The third-order valence-corrected chi connectivity index (χ3v) is 3.30. The lowest BCUT2D eigenvalue weighted by Crippen LogP contribution is -2.12. The van der Waals surface area contributed by atoms with E-state index in [2.05, 4.69) is 15.2 Å². The monoisotopic (exact) mass is 344 g/mol. The normalized spacial score (nSPS) is 12.5. The van der Waals surface area contributed by atoms with Gasteiger partial charge in [0.05, 0.1) is 17.6 Å². The Labute approximate surface area is 134 Å². The molecule has 0 fully saturated rings. The van der Waals surface area contributed by atoms with E-state index >= 15 is 0 Å². The molecular formula is C14H12ClF3N4O. The van der Waals surface area contributed by atoms with Gasteiger partial charge < -0.3 is 4.74 Å².